The Morgan fingerprint density at radius 3 is 2.28 bits per heavy atom. The average molecular weight is 447 g/mol. The van der Waals surface area contributed by atoms with Gasteiger partial charge in [-0.15, -0.1) is 10.1 Å². The normalized spacial score (nSPS) is 19.2. The summed E-state index contributed by atoms with van der Waals surface area (Å²) >= 11 is 5.93. The van der Waals surface area contributed by atoms with Crippen molar-refractivity contribution < 1.29 is 14.3 Å². The van der Waals surface area contributed by atoms with Gasteiger partial charge >= 0.3 is 5.91 Å². The maximum absolute atomic E-state index is 12.9. The van der Waals surface area contributed by atoms with Gasteiger partial charge in [-0.05, 0) is 47.9 Å². The van der Waals surface area contributed by atoms with Gasteiger partial charge in [0.25, 0.3) is 5.91 Å². The Kier molecular flexibility index (Phi) is 6.37. The van der Waals surface area contributed by atoms with Crippen LogP contribution < -0.4 is 10.7 Å². The second-order valence-electron chi connectivity index (χ2n) is 8.15. The molecule has 1 aliphatic rings. The zero-order chi connectivity index (χ0) is 22.7. The van der Waals surface area contributed by atoms with Gasteiger partial charge in [0.1, 0.15) is 0 Å². The number of rotatable bonds is 5. The first-order valence-corrected chi connectivity index (χ1v) is 11.0. The summed E-state index contributed by atoms with van der Waals surface area (Å²) in [5, 5.41) is 3.44. The highest BCUT2D eigenvalue weighted by atomic mass is 35.5. The summed E-state index contributed by atoms with van der Waals surface area (Å²) in [4.78, 5) is 25.8. The third-order valence-electron chi connectivity index (χ3n) is 5.56. The standard InChI is InChI=1S/C26H24ClN3O2/c1-17(2)19-10-8-18(9-11-19)16-30-24(20-6-4-3-5-7-20)23(26(32)29-30)28-25(31)21-12-14-22(27)15-13-21/h3-17,23-24H,1-2H3,(H-,28,29,31,32)/p+1/b30-16-/t23-,24-/m0/s1. The van der Waals surface area contributed by atoms with Crippen LogP contribution in [0.1, 0.15) is 52.9 Å². The summed E-state index contributed by atoms with van der Waals surface area (Å²) in [6.45, 7) is 4.30. The molecule has 5 nitrogen and oxygen atoms in total. The molecule has 2 amide bonds. The largest absolute Gasteiger partial charge is 0.334 e. The smallest absolute Gasteiger partial charge is 0.304 e. The number of carbonyl (C=O) groups excluding carboxylic acids is 2. The highest BCUT2D eigenvalue weighted by Gasteiger charge is 2.47. The quantitative estimate of drug-likeness (QED) is 0.567. The van der Waals surface area contributed by atoms with E-state index in [1.165, 1.54) is 5.56 Å². The predicted molar refractivity (Wildman–Crippen MR) is 126 cm³/mol. The molecule has 0 radical (unpaired) electrons. The molecule has 0 spiro atoms. The molecular weight excluding hydrogens is 422 g/mol. The van der Waals surface area contributed by atoms with E-state index in [2.05, 4.69) is 36.7 Å². The Labute approximate surface area is 192 Å². The summed E-state index contributed by atoms with van der Waals surface area (Å²) in [5.74, 6) is -0.151. The number of benzene rings is 3. The highest BCUT2D eigenvalue weighted by molar-refractivity contribution is 6.30. The van der Waals surface area contributed by atoms with E-state index in [1.54, 1.807) is 28.9 Å². The molecule has 1 saturated heterocycles. The molecule has 0 bridgehead atoms. The van der Waals surface area contributed by atoms with Gasteiger partial charge in [0, 0.05) is 21.7 Å². The number of halogens is 1. The van der Waals surface area contributed by atoms with Crippen LogP contribution in [0.25, 0.3) is 0 Å². The van der Waals surface area contributed by atoms with Crippen LogP contribution in [0.4, 0.5) is 0 Å². The second kappa shape index (κ2) is 9.37. The first-order chi connectivity index (χ1) is 15.4. The molecule has 3 aromatic carbocycles. The molecule has 0 unspecified atom stereocenters. The van der Waals surface area contributed by atoms with E-state index >= 15 is 0 Å². The SMILES string of the molecule is CC(C)c1ccc(/C=[N+]2\NC(=O)[C@@H](NC(=O)c3ccc(Cl)cc3)[C@@H]2c2ccccc2)cc1. The zero-order valence-electron chi connectivity index (χ0n) is 18.0. The Morgan fingerprint density at radius 2 is 1.66 bits per heavy atom. The Balaban J connectivity index is 1.66. The first-order valence-electron chi connectivity index (χ1n) is 10.6. The number of amides is 2. The van der Waals surface area contributed by atoms with Crippen LogP contribution in [-0.4, -0.2) is 28.8 Å². The van der Waals surface area contributed by atoms with Gasteiger partial charge in [-0.3, -0.25) is 9.59 Å². The fraction of sp³-hybridized carbons (Fsp3) is 0.192. The lowest BCUT2D eigenvalue weighted by atomic mass is 9.99. The van der Waals surface area contributed by atoms with Crippen molar-refractivity contribution in [1.29, 1.82) is 0 Å². The van der Waals surface area contributed by atoms with Crippen LogP contribution in [-0.2, 0) is 4.79 Å². The van der Waals surface area contributed by atoms with E-state index in [9.17, 15) is 9.59 Å². The molecule has 6 heteroatoms. The summed E-state index contributed by atoms with van der Waals surface area (Å²) in [7, 11) is 0. The Bertz CT molecular complexity index is 1140. The molecule has 32 heavy (non-hydrogen) atoms. The monoisotopic (exact) mass is 446 g/mol. The van der Waals surface area contributed by atoms with Crippen molar-refractivity contribution in [3.05, 3.63) is 106 Å². The van der Waals surface area contributed by atoms with Crippen molar-refractivity contribution >= 4 is 29.6 Å². The number of hydrogen-bond donors (Lipinski definition) is 2. The Hall–Kier alpha value is -3.44. The topological polar surface area (TPSA) is 61.2 Å². The second-order valence-corrected chi connectivity index (χ2v) is 8.58. The summed E-state index contributed by atoms with van der Waals surface area (Å²) in [6.07, 6.45) is 1.90. The molecule has 0 saturated carbocycles. The van der Waals surface area contributed by atoms with Gasteiger partial charge in [0.15, 0.2) is 6.04 Å². The van der Waals surface area contributed by atoms with Crippen LogP contribution in [0.3, 0.4) is 0 Å². The van der Waals surface area contributed by atoms with Gasteiger partial charge in [-0.2, -0.15) is 0 Å². The van der Waals surface area contributed by atoms with Crippen LogP contribution in [0.15, 0.2) is 78.9 Å². The van der Waals surface area contributed by atoms with Crippen molar-refractivity contribution in [2.75, 3.05) is 0 Å². The van der Waals surface area contributed by atoms with E-state index in [-0.39, 0.29) is 11.8 Å². The maximum Gasteiger partial charge on any atom is 0.304 e. The molecule has 3 aromatic rings. The minimum absolute atomic E-state index is 0.267. The van der Waals surface area contributed by atoms with E-state index in [0.717, 1.165) is 11.1 Å². The number of hydrazone groups is 1. The third kappa shape index (κ3) is 4.73. The molecule has 0 aromatic heterocycles. The molecule has 2 atom stereocenters. The van der Waals surface area contributed by atoms with Crippen molar-refractivity contribution in [2.45, 2.75) is 31.8 Å². The number of nitrogens with zero attached hydrogens (tertiary/aromatic N) is 1. The summed E-state index contributed by atoms with van der Waals surface area (Å²) in [5.41, 5.74) is 6.48. The molecular formula is C26H25ClN3O2+. The van der Waals surface area contributed by atoms with Gasteiger partial charge in [-0.1, -0.05) is 67.9 Å². The lowest BCUT2D eigenvalue weighted by molar-refractivity contribution is -0.596. The summed E-state index contributed by atoms with van der Waals surface area (Å²) in [6, 6.07) is 23.3. The van der Waals surface area contributed by atoms with Gasteiger partial charge < -0.3 is 5.32 Å². The Morgan fingerprint density at radius 1 is 1.00 bits per heavy atom. The zero-order valence-corrected chi connectivity index (χ0v) is 18.7. The van der Waals surface area contributed by atoms with E-state index in [1.807, 2.05) is 48.7 Å². The van der Waals surface area contributed by atoms with Crippen molar-refractivity contribution in [3.63, 3.8) is 0 Å². The number of nitrogens with one attached hydrogen (secondary N) is 2. The van der Waals surface area contributed by atoms with Gasteiger partial charge in [0.05, 0.1) is 0 Å². The molecule has 1 heterocycles. The number of carbonyl (C=O) groups is 2. The molecule has 0 aliphatic carbocycles. The van der Waals surface area contributed by atoms with Crippen LogP contribution >= 0.6 is 11.6 Å². The van der Waals surface area contributed by atoms with Crippen molar-refractivity contribution in [3.8, 4) is 0 Å². The number of hydrazine groups is 1. The molecule has 2 N–H and O–H groups in total. The molecule has 1 aliphatic heterocycles. The summed E-state index contributed by atoms with van der Waals surface area (Å²) < 4.78 is 1.77. The van der Waals surface area contributed by atoms with E-state index in [0.29, 0.717) is 16.5 Å². The minimum atomic E-state index is -0.758. The van der Waals surface area contributed by atoms with Crippen molar-refractivity contribution in [2.24, 2.45) is 0 Å². The van der Waals surface area contributed by atoms with E-state index in [4.69, 9.17) is 11.6 Å². The van der Waals surface area contributed by atoms with Crippen molar-refractivity contribution in [1.82, 2.24) is 10.7 Å². The van der Waals surface area contributed by atoms with Gasteiger partial charge in [0.2, 0.25) is 12.3 Å². The minimum Gasteiger partial charge on any atom is -0.334 e. The molecule has 4 rings (SSSR count). The van der Waals surface area contributed by atoms with Crippen LogP contribution in [0.5, 0.6) is 0 Å². The first kappa shape index (κ1) is 21.8. The highest BCUT2D eigenvalue weighted by Crippen LogP contribution is 2.25. The maximum atomic E-state index is 12.9. The lowest BCUT2D eigenvalue weighted by Gasteiger charge is -2.14. The molecule has 1 fully saturated rings. The lowest BCUT2D eigenvalue weighted by Crippen LogP contribution is -2.42. The fourth-order valence-electron chi connectivity index (χ4n) is 3.78. The fourth-order valence-corrected chi connectivity index (χ4v) is 3.91. The molecule has 162 valence electrons. The predicted octanol–water partition coefficient (Wildman–Crippen LogP) is 4.48. The third-order valence-corrected chi connectivity index (χ3v) is 5.81. The van der Waals surface area contributed by atoms with Gasteiger partial charge in [-0.25, -0.2) is 0 Å². The average Bonchev–Trinajstić information content (AvgIpc) is 3.09. The number of hydrogen-bond acceptors (Lipinski definition) is 2. The van der Waals surface area contributed by atoms with E-state index < -0.39 is 12.1 Å². The van der Waals surface area contributed by atoms with Crippen LogP contribution in [0, 0.1) is 0 Å². The van der Waals surface area contributed by atoms with Crippen LogP contribution in [0.2, 0.25) is 5.02 Å².